The number of hydrogen-bond donors (Lipinski definition) is 2. The number of carbonyl (C=O) groups excluding carboxylic acids is 3. The molecule has 1 saturated heterocycles. The molecule has 168 valence electrons. The van der Waals surface area contributed by atoms with Crippen LogP contribution in [0, 0.1) is 5.92 Å². The van der Waals surface area contributed by atoms with E-state index in [-0.39, 0.29) is 24.3 Å². The Labute approximate surface area is 188 Å². The van der Waals surface area contributed by atoms with Crippen molar-refractivity contribution >= 4 is 17.8 Å². The number of para-hydroxylation sites is 1. The summed E-state index contributed by atoms with van der Waals surface area (Å²) in [4.78, 5) is 38.9. The Hall–Kier alpha value is -3.35. The molecule has 0 bridgehead atoms. The quantitative estimate of drug-likeness (QED) is 0.653. The largest absolute Gasteiger partial charge is 0.489 e. The van der Waals surface area contributed by atoms with Crippen LogP contribution < -0.4 is 15.4 Å². The van der Waals surface area contributed by atoms with Gasteiger partial charge in [0.2, 0.25) is 5.91 Å². The maximum Gasteiger partial charge on any atom is 0.325 e. The lowest BCUT2D eigenvalue weighted by molar-refractivity contribution is -0.137. The van der Waals surface area contributed by atoms with Crippen molar-refractivity contribution in [3.05, 3.63) is 65.7 Å². The molecule has 2 aliphatic rings. The lowest BCUT2D eigenvalue weighted by Gasteiger charge is -2.36. The Bertz CT molecular complexity index is 976. The van der Waals surface area contributed by atoms with Gasteiger partial charge < -0.3 is 15.4 Å². The van der Waals surface area contributed by atoms with Gasteiger partial charge in [-0.25, -0.2) is 4.79 Å². The summed E-state index contributed by atoms with van der Waals surface area (Å²) in [6, 6.07) is 16.9. The van der Waals surface area contributed by atoms with Crippen molar-refractivity contribution in [3.8, 4) is 5.75 Å². The number of urea groups is 1. The number of carbonyl (C=O) groups is 3. The van der Waals surface area contributed by atoms with E-state index in [1.54, 1.807) is 0 Å². The normalized spacial score (nSPS) is 22.7. The predicted octanol–water partition coefficient (Wildman–Crippen LogP) is 3.38. The average Bonchev–Trinajstić information content (AvgIpc) is 3.04. The fourth-order valence-electron chi connectivity index (χ4n) is 4.48. The van der Waals surface area contributed by atoms with Crippen LogP contribution in [0.25, 0.3) is 0 Å². The van der Waals surface area contributed by atoms with Crippen molar-refractivity contribution in [2.45, 2.75) is 51.3 Å². The molecule has 1 aliphatic carbocycles. The van der Waals surface area contributed by atoms with E-state index in [1.165, 1.54) is 0 Å². The molecular formula is C25H29N3O4. The molecule has 1 spiro atoms. The highest BCUT2D eigenvalue weighted by Gasteiger charge is 2.55. The lowest BCUT2D eigenvalue weighted by Crippen LogP contribution is -2.54. The number of nitrogens with one attached hydrogen (secondary N) is 2. The lowest BCUT2D eigenvalue weighted by atomic mass is 9.73. The van der Waals surface area contributed by atoms with Gasteiger partial charge in [0.1, 0.15) is 24.4 Å². The van der Waals surface area contributed by atoms with Crippen molar-refractivity contribution in [2.75, 3.05) is 6.54 Å². The fraction of sp³-hybridized carbons (Fsp3) is 0.400. The van der Waals surface area contributed by atoms with Gasteiger partial charge in [0.15, 0.2) is 0 Å². The summed E-state index contributed by atoms with van der Waals surface area (Å²) in [6.07, 6.45) is 3.50. The van der Waals surface area contributed by atoms with Gasteiger partial charge in [-0.2, -0.15) is 0 Å². The number of benzene rings is 2. The van der Waals surface area contributed by atoms with Crippen molar-refractivity contribution in [1.82, 2.24) is 15.5 Å². The van der Waals surface area contributed by atoms with E-state index < -0.39 is 11.6 Å². The standard InChI is InChI=1S/C25H29N3O4/c1-18-7-5-6-14-25(18)23(30)28(24(31)27-25)16-22(29)26-15-19-10-12-20(13-11-19)17-32-21-8-3-2-4-9-21/h2-4,8-13,18H,5-7,14-17H2,1H3,(H,26,29)(H,27,31). The fourth-order valence-corrected chi connectivity index (χ4v) is 4.48. The number of ether oxygens (including phenoxy) is 1. The molecule has 2 aromatic carbocycles. The Morgan fingerprint density at radius 1 is 1.09 bits per heavy atom. The first kappa shape index (κ1) is 21.9. The molecule has 2 unspecified atom stereocenters. The minimum absolute atomic E-state index is 0.0742. The molecule has 7 nitrogen and oxygen atoms in total. The van der Waals surface area contributed by atoms with Crippen LogP contribution in [0.2, 0.25) is 0 Å². The summed E-state index contributed by atoms with van der Waals surface area (Å²) in [5.41, 5.74) is 1.11. The molecule has 4 rings (SSSR count). The Kier molecular flexibility index (Phi) is 6.44. The zero-order valence-corrected chi connectivity index (χ0v) is 18.3. The van der Waals surface area contributed by atoms with Crippen LogP contribution in [-0.4, -0.2) is 34.8 Å². The number of rotatable bonds is 7. The van der Waals surface area contributed by atoms with Gasteiger partial charge in [-0.05, 0) is 42.0 Å². The minimum atomic E-state index is -0.840. The average molecular weight is 436 g/mol. The molecular weight excluding hydrogens is 406 g/mol. The van der Waals surface area contributed by atoms with Gasteiger partial charge in [-0.1, -0.05) is 62.2 Å². The summed E-state index contributed by atoms with van der Waals surface area (Å²) in [6.45, 7) is 2.52. The first-order valence-corrected chi connectivity index (χ1v) is 11.1. The molecule has 1 saturated carbocycles. The van der Waals surface area contributed by atoms with Crippen LogP contribution >= 0.6 is 0 Å². The van der Waals surface area contributed by atoms with E-state index >= 15 is 0 Å². The van der Waals surface area contributed by atoms with Crippen molar-refractivity contribution in [3.63, 3.8) is 0 Å². The molecule has 0 aromatic heterocycles. The summed E-state index contributed by atoms with van der Waals surface area (Å²) in [5.74, 6) is 0.261. The van der Waals surface area contributed by atoms with Gasteiger partial charge in [0, 0.05) is 6.54 Å². The second-order valence-electron chi connectivity index (χ2n) is 8.63. The predicted molar refractivity (Wildman–Crippen MR) is 120 cm³/mol. The highest BCUT2D eigenvalue weighted by molar-refractivity contribution is 6.09. The van der Waals surface area contributed by atoms with E-state index in [9.17, 15) is 14.4 Å². The summed E-state index contributed by atoms with van der Waals surface area (Å²) in [5, 5.41) is 5.68. The van der Waals surface area contributed by atoms with Crippen LogP contribution in [0.5, 0.6) is 5.75 Å². The topological polar surface area (TPSA) is 87.7 Å². The van der Waals surface area contributed by atoms with Crippen LogP contribution in [0.4, 0.5) is 4.79 Å². The third kappa shape index (κ3) is 4.61. The van der Waals surface area contributed by atoms with Crippen LogP contribution in [0.3, 0.4) is 0 Å². The van der Waals surface area contributed by atoms with E-state index in [4.69, 9.17) is 4.74 Å². The van der Waals surface area contributed by atoms with E-state index in [0.717, 1.165) is 41.0 Å². The third-order valence-corrected chi connectivity index (χ3v) is 6.46. The summed E-state index contributed by atoms with van der Waals surface area (Å²) in [7, 11) is 0. The van der Waals surface area contributed by atoms with Gasteiger partial charge in [0.05, 0.1) is 0 Å². The van der Waals surface area contributed by atoms with Crippen molar-refractivity contribution in [1.29, 1.82) is 0 Å². The van der Waals surface area contributed by atoms with Crippen LogP contribution in [0.1, 0.15) is 43.7 Å². The second-order valence-corrected chi connectivity index (χ2v) is 8.63. The van der Waals surface area contributed by atoms with Gasteiger partial charge in [-0.15, -0.1) is 0 Å². The molecule has 2 fully saturated rings. The monoisotopic (exact) mass is 435 g/mol. The van der Waals surface area contributed by atoms with Gasteiger partial charge >= 0.3 is 6.03 Å². The molecule has 0 radical (unpaired) electrons. The number of hydrogen-bond acceptors (Lipinski definition) is 4. The first-order valence-electron chi connectivity index (χ1n) is 11.1. The zero-order chi connectivity index (χ0) is 22.6. The van der Waals surface area contributed by atoms with Crippen molar-refractivity contribution in [2.24, 2.45) is 5.92 Å². The molecule has 2 N–H and O–H groups in total. The minimum Gasteiger partial charge on any atom is -0.489 e. The van der Waals surface area contributed by atoms with Gasteiger partial charge in [-0.3, -0.25) is 14.5 Å². The summed E-state index contributed by atoms with van der Waals surface area (Å²) < 4.78 is 5.73. The summed E-state index contributed by atoms with van der Waals surface area (Å²) >= 11 is 0. The molecule has 7 heteroatoms. The molecule has 4 amide bonds. The van der Waals surface area contributed by atoms with Crippen molar-refractivity contribution < 1.29 is 19.1 Å². The highest BCUT2D eigenvalue weighted by atomic mass is 16.5. The smallest absolute Gasteiger partial charge is 0.325 e. The molecule has 1 aliphatic heterocycles. The Morgan fingerprint density at radius 3 is 2.53 bits per heavy atom. The SMILES string of the molecule is CC1CCCCC12NC(=O)N(CC(=O)NCc1ccc(COc3ccccc3)cc1)C2=O. The number of nitrogens with zero attached hydrogens (tertiary/aromatic N) is 1. The van der Waals surface area contributed by atoms with Gasteiger partial charge in [0.25, 0.3) is 5.91 Å². The number of amides is 4. The second kappa shape index (κ2) is 9.42. The first-order chi connectivity index (χ1) is 15.5. The zero-order valence-electron chi connectivity index (χ0n) is 18.3. The highest BCUT2D eigenvalue weighted by Crippen LogP contribution is 2.38. The molecule has 2 aromatic rings. The number of imide groups is 1. The van der Waals surface area contributed by atoms with E-state index in [2.05, 4.69) is 10.6 Å². The van der Waals surface area contributed by atoms with E-state index in [1.807, 2.05) is 61.5 Å². The Balaban J connectivity index is 1.27. The molecule has 2 atom stereocenters. The maximum atomic E-state index is 13.0. The van der Waals surface area contributed by atoms with Crippen LogP contribution in [0.15, 0.2) is 54.6 Å². The maximum absolute atomic E-state index is 13.0. The Morgan fingerprint density at radius 2 is 1.81 bits per heavy atom. The van der Waals surface area contributed by atoms with Crippen LogP contribution in [-0.2, 0) is 22.7 Å². The molecule has 32 heavy (non-hydrogen) atoms. The third-order valence-electron chi connectivity index (χ3n) is 6.46. The molecule has 1 heterocycles. The van der Waals surface area contributed by atoms with E-state index in [0.29, 0.717) is 19.6 Å².